The number of rotatable bonds is 4. The summed E-state index contributed by atoms with van der Waals surface area (Å²) < 4.78 is 0. The van der Waals surface area contributed by atoms with Crippen LogP contribution in [-0.4, -0.2) is 11.0 Å². The average Bonchev–Trinajstić information content (AvgIpc) is 2.74. The normalized spacial score (nSPS) is 10.3. The first-order chi connectivity index (χ1) is 9.54. The number of benzene rings is 1. The van der Waals surface area contributed by atoms with Gasteiger partial charge in [0.25, 0.3) is 0 Å². The van der Waals surface area contributed by atoms with Crippen molar-refractivity contribution in [1.29, 1.82) is 0 Å². The van der Waals surface area contributed by atoms with Crippen molar-refractivity contribution in [3.63, 3.8) is 0 Å². The number of carbonyl (C=O) groups is 1. The Morgan fingerprint density at radius 1 is 1.20 bits per heavy atom. The molecule has 2 rings (SSSR count). The number of aromatic nitrogens is 1. The molecule has 0 aliphatic carbocycles. The van der Waals surface area contributed by atoms with Crippen molar-refractivity contribution in [2.24, 2.45) is 0 Å². The molecule has 2 aromatic rings. The maximum Gasteiger partial charge on any atom is 0.315 e. The minimum Gasteiger partial charge on any atom is -0.334 e. The topological polar surface area (TPSA) is 54.0 Å². The number of halogens is 1. The van der Waals surface area contributed by atoms with E-state index in [1.165, 1.54) is 0 Å². The van der Waals surface area contributed by atoms with Crippen LogP contribution in [0.3, 0.4) is 0 Å². The second-order valence-electron chi connectivity index (χ2n) is 4.40. The smallest absolute Gasteiger partial charge is 0.315 e. The average molecular weight is 310 g/mol. The van der Waals surface area contributed by atoms with Crippen molar-refractivity contribution in [1.82, 2.24) is 15.6 Å². The van der Waals surface area contributed by atoms with Gasteiger partial charge in [-0.05, 0) is 31.5 Å². The van der Waals surface area contributed by atoms with Gasteiger partial charge >= 0.3 is 6.03 Å². The Hall–Kier alpha value is -1.59. The molecule has 1 heterocycles. The van der Waals surface area contributed by atoms with E-state index in [2.05, 4.69) is 15.6 Å². The van der Waals surface area contributed by atoms with Crippen molar-refractivity contribution in [3.8, 4) is 0 Å². The monoisotopic (exact) mass is 309 g/mol. The quantitative estimate of drug-likeness (QED) is 0.909. The van der Waals surface area contributed by atoms with Gasteiger partial charge in [0, 0.05) is 16.4 Å². The molecule has 106 valence electrons. The van der Waals surface area contributed by atoms with Crippen LogP contribution in [0.15, 0.2) is 24.3 Å². The van der Waals surface area contributed by atoms with Gasteiger partial charge in [-0.15, -0.1) is 11.3 Å². The lowest BCUT2D eigenvalue weighted by Gasteiger charge is -2.07. The largest absolute Gasteiger partial charge is 0.334 e. The summed E-state index contributed by atoms with van der Waals surface area (Å²) in [5.41, 5.74) is 1.99. The van der Waals surface area contributed by atoms with Gasteiger partial charge < -0.3 is 10.6 Å². The van der Waals surface area contributed by atoms with Crippen molar-refractivity contribution < 1.29 is 4.79 Å². The highest BCUT2D eigenvalue weighted by atomic mass is 35.5. The Morgan fingerprint density at radius 3 is 2.45 bits per heavy atom. The number of aryl methyl sites for hydroxylation is 2. The molecule has 0 fully saturated rings. The second-order valence-corrected chi connectivity index (χ2v) is 6.13. The van der Waals surface area contributed by atoms with E-state index in [1.54, 1.807) is 23.5 Å². The highest BCUT2D eigenvalue weighted by Crippen LogP contribution is 2.16. The van der Waals surface area contributed by atoms with Crippen LogP contribution in [-0.2, 0) is 13.1 Å². The van der Waals surface area contributed by atoms with Crippen LogP contribution in [0.4, 0.5) is 4.79 Å². The second kappa shape index (κ2) is 6.72. The van der Waals surface area contributed by atoms with E-state index in [9.17, 15) is 4.79 Å². The van der Waals surface area contributed by atoms with E-state index >= 15 is 0 Å². The van der Waals surface area contributed by atoms with Crippen molar-refractivity contribution in [2.75, 3.05) is 0 Å². The predicted octanol–water partition coefficient (Wildman–Crippen LogP) is 3.41. The first kappa shape index (κ1) is 14.8. The summed E-state index contributed by atoms with van der Waals surface area (Å²) in [5.74, 6) is 0. The molecule has 0 aliphatic rings. The Labute approximate surface area is 127 Å². The number of thiazole rings is 1. The lowest BCUT2D eigenvalue weighted by molar-refractivity contribution is 0.240. The van der Waals surface area contributed by atoms with Crippen molar-refractivity contribution >= 4 is 29.0 Å². The third kappa shape index (κ3) is 4.21. The summed E-state index contributed by atoms with van der Waals surface area (Å²) in [7, 11) is 0. The van der Waals surface area contributed by atoms with Crippen molar-refractivity contribution in [3.05, 3.63) is 50.4 Å². The van der Waals surface area contributed by atoms with Gasteiger partial charge in [0.1, 0.15) is 0 Å². The molecule has 6 heteroatoms. The number of nitrogens with one attached hydrogen (secondary N) is 2. The molecule has 2 amide bonds. The summed E-state index contributed by atoms with van der Waals surface area (Å²) in [6, 6.07) is 7.20. The SMILES string of the molecule is Cc1nc(C)c(CNC(=O)NCc2ccc(Cl)cc2)s1. The van der Waals surface area contributed by atoms with Crippen LogP contribution in [0.1, 0.15) is 21.1 Å². The standard InChI is InChI=1S/C14H16ClN3OS/c1-9-13(20-10(2)18-9)8-17-14(19)16-7-11-3-5-12(15)6-4-11/h3-6H,7-8H2,1-2H3,(H2,16,17,19). The Balaban J connectivity index is 1.78. The molecule has 2 N–H and O–H groups in total. The number of carbonyl (C=O) groups excluding carboxylic acids is 1. The number of hydrogen-bond acceptors (Lipinski definition) is 3. The third-order valence-electron chi connectivity index (χ3n) is 2.78. The number of hydrogen-bond donors (Lipinski definition) is 2. The molecule has 20 heavy (non-hydrogen) atoms. The summed E-state index contributed by atoms with van der Waals surface area (Å²) >= 11 is 7.41. The fourth-order valence-electron chi connectivity index (χ4n) is 1.75. The van der Waals surface area contributed by atoms with E-state index in [4.69, 9.17) is 11.6 Å². The van der Waals surface area contributed by atoms with E-state index < -0.39 is 0 Å². The zero-order valence-electron chi connectivity index (χ0n) is 11.4. The number of amides is 2. The maximum absolute atomic E-state index is 11.7. The zero-order chi connectivity index (χ0) is 14.5. The van der Waals surface area contributed by atoms with E-state index in [1.807, 2.05) is 26.0 Å². The molecule has 0 atom stereocenters. The molecule has 1 aromatic carbocycles. The van der Waals surface area contributed by atoms with Crippen LogP contribution in [0.25, 0.3) is 0 Å². The highest BCUT2D eigenvalue weighted by molar-refractivity contribution is 7.11. The summed E-state index contributed by atoms with van der Waals surface area (Å²) in [6.07, 6.45) is 0. The van der Waals surface area contributed by atoms with Crippen molar-refractivity contribution in [2.45, 2.75) is 26.9 Å². The molecular formula is C14H16ClN3OS. The third-order valence-corrected chi connectivity index (χ3v) is 4.10. The lowest BCUT2D eigenvalue weighted by atomic mass is 10.2. The van der Waals surface area contributed by atoms with Gasteiger partial charge in [0.15, 0.2) is 0 Å². The van der Waals surface area contributed by atoms with E-state index in [-0.39, 0.29) is 6.03 Å². The Kier molecular flexibility index (Phi) is 4.98. The molecule has 0 spiro atoms. The molecule has 0 radical (unpaired) electrons. The summed E-state index contributed by atoms with van der Waals surface area (Å²) in [4.78, 5) is 17.1. The minimum absolute atomic E-state index is 0.189. The van der Waals surface area contributed by atoms with Crippen LogP contribution in [0.5, 0.6) is 0 Å². The fraction of sp³-hybridized carbons (Fsp3) is 0.286. The Morgan fingerprint density at radius 2 is 1.85 bits per heavy atom. The van der Waals surface area contributed by atoms with Gasteiger partial charge in [-0.2, -0.15) is 0 Å². The van der Waals surface area contributed by atoms with E-state index in [0.717, 1.165) is 21.1 Å². The van der Waals surface area contributed by atoms with Crippen LogP contribution >= 0.6 is 22.9 Å². The number of urea groups is 1. The van der Waals surface area contributed by atoms with Crippen LogP contribution in [0, 0.1) is 13.8 Å². The van der Waals surface area contributed by atoms with Gasteiger partial charge in [-0.3, -0.25) is 0 Å². The molecular weight excluding hydrogens is 294 g/mol. The summed E-state index contributed by atoms with van der Waals surface area (Å²) in [5, 5.41) is 7.34. The van der Waals surface area contributed by atoms with E-state index in [0.29, 0.717) is 18.1 Å². The predicted molar refractivity (Wildman–Crippen MR) is 82.1 cm³/mol. The highest BCUT2D eigenvalue weighted by Gasteiger charge is 2.06. The lowest BCUT2D eigenvalue weighted by Crippen LogP contribution is -2.34. The fourth-order valence-corrected chi connectivity index (χ4v) is 2.75. The van der Waals surface area contributed by atoms with Gasteiger partial charge in [0.2, 0.25) is 0 Å². The van der Waals surface area contributed by atoms with Gasteiger partial charge in [-0.25, -0.2) is 9.78 Å². The molecule has 0 saturated heterocycles. The maximum atomic E-state index is 11.7. The number of nitrogens with zero attached hydrogens (tertiary/aromatic N) is 1. The first-order valence-corrected chi connectivity index (χ1v) is 7.43. The molecule has 1 aromatic heterocycles. The molecule has 0 bridgehead atoms. The summed E-state index contributed by atoms with van der Waals surface area (Å²) in [6.45, 7) is 4.89. The minimum atomic E-state index is -0.189. The molecule has 4 nitrogen and oxygen atoms in total. The van der Waals surface area contributed by atoms with Gasteiger partial charge in [0.05, 0.1) is 17.2 Å². The molecule has 0 unspecified atom stereocenters. The van der Waals surface area contributed by atoms with Crippen LogP contribution < -0.4 is 10.6 Å². The first-order valence-electron chi connectivity index (χ1n) is 6.23. The van der Waals surface area contributed by atoms with Crippen LogP contribution in [0.2, 0.25) is 5.02 Å². The molecule has 0 saturated carbocycles. The van der Waals surface area contributed by atoms with Gasteiger partial charge in [-0.1, -0.05) is 23.7 Å². The Bertz CT molecular complexity index is 595. The molecule has 0 aliphatic heterocycles. The zero-order valence-corrected chi connectivity index (χ0v) is 12.9.